The number of hydrogen-bond donors (Lipinski definition) is 1. The molecule has 0 aliphatic carbocycles. The van der Waals surface area contributed by atoms with Gasteiger partial charge in [-0.1, -0.05) is 17.3 Å². The first-order chi connectivity index (χ1) is 16.5. The molecule has 9 heteroatoms. The number of ether oxygens (including phenoxy) is 1. The first-order valence-corrected chi connectivity index (χ1v) is 12.4. The lowest BCUT2D eigenvalue weighted by Crippen LogP contribution is -2.48. The Morgan fingerprint density at radius 1 is 1.24 bits per heavy atom. The molecule has 2 aromatic carbocycles. The van der Waals surface area contributed by atoms with E-state index in [0.29, 0.717) is 35.8 Å². The zero-order chi connectivity index (χ0) is 23.7. The van der Waals surface area contributed by atoms with E-state index in [4.69, 9.17) is 9.26 Å². The minimum absolute atomic E-state index is 0.0270. The highest BCUT2D eigenvalue weighted by atomic mass is 32.2. The maximum atomic E-state index is 14.1. The predicted molar refractivity (Wildman–Crippen MR) is 127 cm³/mol. The Bertz CT molecular complexity index is 1220. The van der Waals surface area contributed by atoms with Crippen LogP contribution >= 0.6 is 11.8 Å². The van der Waals surface area contributed by atoms with Crippen LogP contribution in [0.4, 0.5) is 9.18 Å². The maximum Gasteiger partial charge on any atom is 0.322 e. The number of allylic oxidation sites excluding steroid dienone is 1. The molecule has 7 nitrogen and oxygen atoms in total. The summed E-state index contributed by atoms with van der Waals surface area (Å²) in [5, 5.41) is 7.19. The fraction of sp³-hybridized carbons (Fsp3) is 0.320. The molecule has 2 atom stereocenters. The zero-order valence-corrected chi connectivity index (χ0v) is 19.8. The second kappa shape index (κ2) is 9.60. The number of hydrogen-bond acceptors (Lipinski definition) is 6. The molecule has 2 amide bonds. The van der Waals surface area contributed by atoms with E-state index in [-0.39, 0.29) is 23.8 Å². The van der Waals surface area contributed by atoms with Crippen LogP contribution in [0.25, 0.3) is 17.0 Å². The Balaban J connectivity index is 1.55. The number of benzene rings is 2. The molecule has 34 heavy (non-hydrogen) atoms. The number of halogens is 1. The van der Waals surface area contributed by atoms with Crippen molar-refractivity contribution in [2.45, 2.75) is 36.8 Å². The monoisotopic (exact) mass is 480 g/mol. The summed E-state index contributed by atoms with van der Waals surface area (Å²) in [5.41, 5.74) is 2.75. The molecule has 1 fully saturated rings. The Morgan fingerprint density at radius 3 is 2.76 bits per heavy atom. The number of nitrogens with one attached hydrogen (secondary N) is 1. The molecule has 0 spiro atoms. The zero-order valence-electron chi connectivity index (χ0n) is 19.0. The minimum Gasteiger partial charge on any atom is -0.376 e. The number of carbonyl (C=O) groups is 1. The van der Waals surface area contributed by atoms with E-state index in [2.05, 4.69) is 15.5 Å². The van der Waals surface area contributed by atoms with Crippen molar-refractivity contribution < 1.29 is 18.4 Å². The fourth-order valence-electron chi connectivity index (χ4n) is 4.40. The van der Waals surface area contributed by atoms with Crippen LogP contribution < -0.4 is 5.32 Å². The Labute approximate surface area is 201 Å². The van der Waals surface area contributed by atoms with Gasteiger partial charge in [0.25, 0.3) is 5.89 Å². The van der Waals surface area contributed by atoms with Crippen LogP contribution in [0.1, 0.15) is 37.3 Å². The fourth-order valence-corrected chi connectivity index (χ4v) is 4.80. The Morgan fingerprint density at radius 2 is 2.06 bits per heavy atom. The Hall–Kier alpha value is -3.17. The number of thioether (sulfide) groups is 1. The summed E-state index contributed by atoms with van der Waals surface area (Å²) < 4.78 is 25.5. The van der Waals surface area contributed by atoms with Gasteiger partial charge in [-0.25, -0.2) is 9.18 Å². The van der Waals surface area contributed by atoms with Gasteiger partial charge in [0.1, 0.15) is 5.82 Å². The van der Waals surface area contributed by atoms with Crippen LogP contribution in [0.5, 0.6) is 0 Å². The second-order valence-corrected chi connectivity index (χ2v) is 9.21. The van der Waals surface area contributed by atoms with Crippen molar-refractivity contribution in [1.82, 2.24) is 20.4 Å². The third-order valence-corrected chi connectivity index (χ3v) is 6.94. The summed E-state index contributed by atoms with van der Waals surface area (Å²) >= 11 is 1.65. The van der Waals surface area contributed by atoms with Crippen molar-refractivity contribution >= 4 is 23.4 Å². The number of amides is 2. The highest BCUT2D eigenvalue weighted by Gasteiger charge is 2.37. The van der Waals surface area contributed by atoms with Gasteiger partial charge >= 0.3 is 6.03 Å². The maximum absolute atomic E-state index is 14.1. The van der Waals surface area contributed by atoms with E-state index in [1.54, 1.807) is 28.8 Å². The van der Waals surface area contributed by atoms with Crippen LogP contribution in [0.15, 0.2) is 63.6 Å². The number of carbonyl (C=O) groups excluding carboxylic acids is 1. The van der Waals surface area contributed by atoms with Gasteiger partial charge in [-0.15, -0.1) is 11.8 Å². The van der Waals surface area contributed by atoms with Crippen molar-refractivity contribution in [2.24, 2.45) is 0 Å². The molecule has 2 aliphatic heterocycles. The molecule has 176 valence electrons. The third kappa shape index (κ3) is 4.45. The summed E-state index contributed by atoms with van der Waals surface area (Å²) in [5.74, 6) is 0.349. The molecule has 3 aromatic rings. The summed E-state index contributed by atoms with van der Waals surface area (Å²) in [6.45, 7) is 2.98. The highest BCUT2D eigenvalue weighted by Crippen LogP contribution is 2.38. The molecule has 2 aliphatic rings. The largest absolute Gasteiger partial charge is 0.376 e. The normalized spacial score (nSPS) is 20.7. The van der Waals surface area contributed by atoms with E-state index in [9.17, 15) is 9.18 Å². The van der Waals surface area contributed by atoms with Crippen molar-refractivity contribution in [1.29, 1.82) is 0 Å². The number of rotatable bonds is 6. The molecule has 1 N–H and O–H groups in total. The molecule has 1 saturated heterocycles. The average Bonchev–Trinajstić information content (AvgIpc) is 3.54. The van der Waals surface area contributed by atoms with Crippen molar-refractivity contribution in [3.8, 4) is 11.4 Å². The predicted octanol–water partition coefficient (Wildman–Crippen LogP) is 5.27. The lowest BCUT2D eigenvalue weighted by molar-refractivity contribution is 0.0877. The summed E-state index contributed by atoms with van der Waals surface area (Å²) in [6, 6.07) is 13.2. The van der Waals surface area contributed by atoms with Gasteiger partial charge in [0.05, 0.1) is 24.3 Å². The third-order valence-electron chi connectivity index (χ3n) is 6.19. The van der Waals surface area contributed by atoms with Gasteiger partial charge in [0, 0.05) is 22.8 Å². The standard InChI is InChI=1S/C25H25FN4O3S/c1-15-21(24-28-23(29-33-24)16-8-10-20(34-2)11-9-16)22(17-5-3-6-18(26)13-17)27-25(31)30(15)14-19-7-4-12-32-19/h3,5-6,8-11,13,19,22H,4,7,12,14H2,1-2H3,(H,27,31). The second-order valence-electron chi connectivity index (χ2n) is 8.33. The van der Waals surface area contributed by atoms with Gasteiger partial charge in [0.2, 0.25) is 5.82 Å². The first kappa shape index (κ1) is 22.6. The lowest BCUT2D eigenvalue weighted by atomic mass is 9.94. The quantitative estimate of drug-likeness (QED) is 0.484. The minimum atomic E-state index is -0.629. The summed E-state index contributed by atoms with van der Waals surface area (Å²) in [7, 11) is 0. The molecule has 1 aromatic heterocycles. The topological polar surface area (TPSA) is 80.5 Å². The number of aromatic nitrogens is 2. The summed E-state index contributed by atoms with van der Waals surface area (Å²) in [6.07, 6.45) is 3.87. The summed E-state index contributed by atoms with van der Waals surface area (Å²) in [4.78, 5) is 20.5. The van der Waals surface area contributed by atoms with E-state index in [1.165, 1.54) is 12.1 Å². The van der Waals surface area contributed by atoms with Gasteiger partial charge in [-0.05, 0) is 68.0 Å². The van der Waals surface area contributed by atoms with Crippen molar-refractivity contribution in [3.05, 3.63) is 71.5 Å². The van der Waals surface area contributed by atoms with Crippen LogP contribution in [0, 0.1) is 5.82 Å². The highest BCUT2D eigenvalue weighted by molar-refractivity contribution is 7.98. The van der Waals surface area contributed by atoms with E-state index >= 15 is 0 Å². The molecule has 5 rings (SSSR count). The van der Waals surface area contributed by atoms with Gasteiger partial charge in [-0.3, -0.25) is 4.90 Å². The van der Waals surface area contributed by atoms with E-state index < -0.39 is 6.04 Å². The van der Waals surface area contributed by atoms with Gasteiger partial charge in [0.15, 0.2) is 0 Å². The molecule has 2 unspecified atom stereocenters. The average molecular weight is 481 g/mol. The van der Waals surface area contributed by atoms with Crippen LogP contribution in [-0.2, 0) is 4.74 Å². The van der Waals surface area contributed by atoms with Crippen LogP contribution in [0.3, 0.4) is 0 Å². The first-order valence-electron chi connectivity index (χ1n) is 11.2. The Kier molecular flexibility index (Phi) is 6.38. The molecule has 3 heterocycles. The van der Waals surface area contributed by atoms with Crippen LogP contribution in [-0.4, -0.2) is 46.6 Å². The molecular weight excluding hydrogens is 455 g/mol. The van der Waals surface area contributed by atoms with Gasteiger partial charge < -0.3 is 14.6 Å². The van der Waals surface area contributed by atoms with Crippen LogP contribution in [0.2, 0.25) is 0 Å². The molecule has 0 bridgehead atoms. The van der Waals surface area contributed by atoms with E-state index in [1.807, 2.05) is 37.4 Å². The lowest BCUT2D eigenvalue weighted by Gasteiger charge is -2.36. The molecular formula is C25H25FN4O3S. The smallest absolute Gasteiger partial charge is 0.322 e. The van der Waals surface area contributed by atoms with Crippen molar-refractivity contribution in [3.63, 3.8) is 0 Å². The van der Waals surface area contributed by atoms with Gasteiger partial charge in [-0.2, -0.15) is 4.98 Å². The van der Waals surface area contributed by atoms with E-state index in [0.717, 1.165) is 23.3 Å². The molecule has 0 radical (unpaired) electrons. The number of nitrogens with zero attached hydrogens (tertiary/aromatic N) is 3. The SMILES string of the molecule is CSc1ccc(-c2noc(C3=C(C)N(CC4CCCO4)C(=O)NC3c3cccc(F)c3)n2)cc1. The van der Waals surface area contributed by atoms with Crippen molar-refractivity contribution in [2.75, 3.05) is 19.4 Å². The molecule has 0 saturated carbocycles. The number of urea groups is 1.